The van der Waals surface area contributed by atoms with E-state index in [-0.39, 0.29) is 5.54 Å². The Bertz CT molecular complexity index is 435. The number of nitrogens with two attached hydrogens (primary N) is 1. The predicted octanol–water partition coefficient (Wildman–Crippen LogP) is 1.50. The average Bonchev–Trinajstić information content (AvgIpc) is 2.84. The second kappa shape index (κ2) is 3.59. The largest absolute Gasteiger partial charge is 0.476 e. The molecule has 1 saturated carbocycles. The monoisotopic (exact) mass is 216 g/mol. The first-order valence-corrected chi connectivity index (χ1v) is 5.81. The van der Waals surface area contributed by atoms with E-state index in [0.29, 0.717) is 6.61 Å². The zero-order valence-electron chi connectivity index (χ0n) is 9.28. The van der Waals surface area contributed by atoms with Crippen molar-refractivity contribution in [2.45, 2.75) is 24.8 Å². The molecule has 2 N–H and O–H groups in total. The van der Waals surface area contributed by atoms with Crippen LogP contribution < -0.4 is 5.73 Å². The zero-order valence-corrected chi connectivity index (χ0v) is 9.28. The summed E-state index contributed by atoms with van der Waals surface area (Å²) >= 11 is 0. The van der Waals surface area contributed by atoms with Gasteiger partial charge in [0.1, 0.15) is 6.61 Å². The van der Waals surface area contributed by atoms with Crippen molar-refractivity contribution in [1.29, 1.82) is 0 Å². The van der Waals surface area contributed by atoms with Crippen LogP contribution >= 0.6 is 0 Å². The van der Waals surface area contributed by atoms with Crippen LogP contribution in [0.5, 0.6) is 0 Å². The Morgan fingerprint density at radius 3 is 2.94 bits per heavy atom. The highest BCUT2D eigenvalue weighted by atomic mass is 16.5. The number of aliphatic imine (C=N–C) groups is 1. The molecule has 3 heteroatoms. The van der Waals surface area contributed by atoms with Gasteiger partial charge in [0, 0.05) is 11.1 Å². The standard InChI is InChI=1S/C13H16N2O/c14-13(4-5-13)9-10-2-1-3-11(8-10)12-15-6-7-16-12/h1-3,8H,4-7,9,14H2. The normalized spacial score (nSPS) is 21.4. The van der Waals surface area contributed by atoms with Crippen molar-refractivity contribution >= 4 is 5.90 Å². The molecule has 1 aromatic carbocycles. The summed E-state index contributed by atoms with van der Waals surface area (Å²) in [6.45, 7) is 1.49. The lowest BCUT2D eigenvalue weighted by Gasteiger charge is -2.09. The van der Waals surface area contributed by atoms with Crippen LogP contribution in [0.15, 0.2) is 29.3 Å². The smallest absolute Gasteiger partial charge is 0.216 e. The summed E-state index contributed by atoms with van der Waals surface area (Å²) < 4.78 is 5.46. The first-order valence-electron chi connectivity index (χ1n) is 5.81. The molecule has 1 aliphatic heterocycles. The molecule has 1 heterocycles. The van der Waals surface area contributed by atoms with Gasteiger partial charge in [0.05, 0.1) is 6.54 Å². The van der Waals surface area contributed by atoms with Gasteiger partial charge in [0.25, 0.3) is 0 Å². The van der Waals surface area contributed by atoms with Gasteiger partial charge in [-0.3, -0.25) is 0 Å². The summed E-state index contributed by atoms with van der Waals surface area (Å²) in [4.78, 5) is 4.32. The van der Waals surface area contributed by atoms with E-state index < -0.39 is 0 Å². The van der Waals surface area contributed by atoms with Gasteiger partial charge in [-0.25, -0.2) is 4.99 Å². The molecule has 3 rings (SSSR count). The predicted molar refractivity (Wildman–Crippen MR) is 63.7 cm³/mol. The summed E-state index contributed by atoms with van der Waals surface area (Å²) in [6, 6.07) is 8.38. The number of benzene rings is 1. The molecule has 0 radical (unpaired) electrons. The first-order chi connectivity index (χ1) is 7.75. The molecule has 1 fully saturated rings. The number of ether oxygens (including phenoxy) is 1. The fourth-order valence-electron chi connectivity index (χ4n) is 2.07. The Morgan fingerprint density at radius 1 is 1.38 bits per heavy atom. The molecular formula is C13H16N2O. The Morgan fingerprint density at radius 2 is 2.25 bits per heavy atom. The fraction of sp³-hybridized carbons (Fsp3) is 0.462. The van der Waals surface area contributed by atoms with Gasteiger partial charge in [-0.1, -0.05) is 12.1 Å². The lowest BCUT2D eigenvalue weighted by atomic mass is 10.0. The van der Waals surface area contributed by atoms with Crippen molar-refractivity contribution in [3.05, 3.63) is 35.4 Å². The molecule has 16 heavy (non-hydrogen) atoms. The zero-order chi connectivity index (χ0) is 11.0. The molecule has 2 aliphatic rings. The SMILES string of the molecule is NC1(Cc2cccc(C3=NCCO3)c2)CC1. The molecule has 0 saturated heterocycles. The van der Waals surface area contributed by atoms with Crippen molar-refractivity contribution in [3.63, 3.8) is 0 Å². The van der Waals surface area contributed by atoms with E-state index in [1.807, 2.05) is 6.07 Å². The Hall–Kier alpha value is -1.35. The fourth-order valence-corrected chi connectivity index (χ4v) is 2.07. The topological polar surface area (TPSA) is 47.6 Å². The van der Waals surface area contributed by atoms with Gasteiger partial charge < -0.3 is 10.5 Å². The molecule has 0 bridgehead atoms. The number of rotatable bonds is 3. The minimum atomic E-state index is 0.0664. The quantitative estimate of drug-likeness (QED) is 0.832. The van der Waals surface area contributed by atoms with E-state index in [0.717, 1.165) is 37.3 Å². The lowest BCUT2D eigenvalue weighted by Crippen LogP contribution is -2.24. The van der Waals surface area contributed by atoms with Crippen LogP contribution in [-0.2, 0) is 11.2 Å². The van der Waals surface area contributed by atoms with Crippen LogP contribution in [0.1, 0.15) is 24.0 Å². The van der Waals surface area contributed by atoms with E-state index in [2.05, 4.69) is 23.2 Å². The Labute approximate surface area is 95.3 Å². The second-order valence-electron chi connectivity index (χ2n) is 4.77. The summed E-state index contributed by atoms with van der Waals surface area (Å²) in [5.41, 5.74) is 8.56. The third-order valence-corrected chi connectivity index (χ3v) is 3.21. The highest BCUT2D eigenvalue weighted by molar-refractivity contribution is 5.95. The maximum absolute atomic E-state index is 6.12. The average molecular weight is 216 g/mol. The highest BCUT2D eigenvalue weighted by Crippen LogP contribution is 2.35. The summed E-state index contributed by atoms with van der Waals surface area (Å²) in [6.07, 6.45) is 3.26. The maximum atomic E-state index is 6.12. The van der Waals surface area contributed by atoms with Crippen molar-refractivity contribution < 1.29 is 4.74 Å². The van der Waals surface area contributed by atoms with Gasteiger partial charge in [-0.15, -0.1) is 0 Å². The van der Waals surface area contributed by atoms with Crippen LogP contribution in [0, 0.1) is 0 Å². The van der Waals surface area contributed by atoms with Crippen LogP contribution in [0.25, 0.3) is 0 Å². The van der Waals surface area contributed by atoms with E-state index in [9.17, 15) is 0 Å². The molecular weight excluding hydrogens is 200 g/mol. The van der Waals surface area contributed by atoms with Gasteiger partial charge in [0.2, 0.25) is 5.90 Å². The molecule has 0 aromatic heterocycles. The van der Waals surface area contributed by atoms with Crippen LogP contribution in [0.2, 0.25) is 0 Å². The molecule has 0 atom stereocenters. The molecule has 1 aromatic rings. The molecule has 0 amide bonds. The van der Waals surface area contributed by atoms with Crippen molar-refractivity contribution in [3.8, 4) is 0 Å². The van der Waals surface area contributed by atoms with Crippen molar-refractivity contribution in [2.24, 2.45) is 10.7 Å². The van der Waals surface area contributed by atoms with E-state index in [1.165, 1.54) is 5.56 Å². The van der Waals surface area contributed by atoms with Gasteiger partial charge >= 0.3 is 0 Å². The Balaban J connectivity index is 1.82. The Kier molecular flexibility index (Phi) is 2.21. The third-order valence-electron chi connectivity index (χ3n) is 3.21. The van der Waals surface area contributed by atoms with E-state index in [1.54, 1.807) is 0 Å². The van der Waals surface area contributed by atoms with Crippen molar-refractivity contribution in [1.82, 2.24) is 0 Å². The van der Waals surface area contributed by atoms with Crippen LogP contribution in [-0.4, -0.2) is 24.6 Å². The van der Waals surface area contributed by atoms with Crippen LogP contribution in [0.3, 0.4) is 0 Å². The molecule has 84 valence electrons. The lowest BCUT2D eigenvalue weighted by molar-refractivity contribution is 0.348. The van der Waals surface area contributed by atoms with Gasteiger partial charge in [0.15, 0.2) is 0 Å². The number of hydrogen-bond donors (Lipinski definition) is 1. The van der Waals surface area contributed by atoms with Gasteiger partial charge in [-0.05, 0) is 37.0 Å². The van der Waals surface area contributed by atoms with Gasteiger partial charge in [-0.2, -0.15) is 0 Å². The van der Waals surface area contributed by atoms with E-state index in [4.69, 9.17) is 10.5 Å². The maximum Gasteiger partial charge on any atom is 0.216 e. The highest BCUT2D eigenvalue weighted by Gasteiger charge is 2.37. The molecule has 0 spiro atoms. The number of nitrogens with zero attached hydrogens (tertiary/aromatic N) is 1. The molecule has 0 unspecified atom stereocenters. The number of hydrogen-bond acceptors (Lipinski definition) is 3. The van der Waals surface area contributed by atoms with Crippen molar-refractivity contribution in [2.75, 3.05) is 13.2 Å². The molecule has 3 nitrogen and oxygen atoms in total. The summed E-state index contributed by atoms with van der Waals surface area (Å²) in [5.74, 6) is 0.781. The van der Waals surface area contributed by atoms with E-state index >= 15 is 0 Å². The minimum absolute atomic E-state index is 0.0664. The first kappa shape index (κ1) is 9.85. The minimum Gasteiger partial charge on any atom is -0.476 e. The summed E-state index contributed by atoms with van der Waals surface area (Å²) in [7, 11) is 0. The second-order valence-corrected chi connectivity index (χ2v) is 4.77. The third kappa shape index (κ3) is 1.95. The summed E-state index contributed by atoms with van der Waals surface area (Å²) in [5, 5.41) is 0. The molecule has 1 aliphatic carbocycles. The van der Waals surface area contributed by atoms with Crippen LogP contribution in [0.4, 0.5) is 0 Å².